The molecule has 1 aliphatic rings. The van der Waals surface area contributed by atoms with Crippen LogP contribution in [0.4, 0.5) is 8.78 Å². The number of aromatic nitrogens is 2. The first-order valence-electron chi connectivity index (χ1n) is 10.7. The molecular weight excluding hydrogens is 528 g/mol. The summed E-state index contributed by atoms with van der Waals surface area (Å²) < 4.78 is 29.1. The van der Waals surface area contributed by atoms with Gasteiger partial charge in [-0.2, -0.15) is 0 Å². The summed E-state index contributed by atoms with van der Waals surface area (Å²) in [5.74, 6) is 5.16. The molecule has 1 unspecified atom stereocenters. The number of thiophene rings is 1. The number of nitrogens with zero attached hydrogens (tertiary/aromatic N) is 3. The first-order valence-corrected chi connectivity index (χ1v) is 12.3. The van der Waals surface area contributed by atoms with E-state index in [1.807, 2.05) is 6.92 Å². The highest BCUT2D eigenvalue weighted by atomic mass is 79.9. The van der Waals surface area contributed by atoms with E-state index in [4.69, 9.17) is 0 Å². The molecule has 1 N–H and O–H groups in total. The highest BCUT2D eigenvalue weighted by Gasteiger charge is 2.41. The molecular formula is C24H22BrF2N3O3S. The van der Waals surface area contributed by atoms with Crippen molar-refractivity contribution in [2.45, 2.75) is 45.0 Å². The Morgan fingerprint density at radius 2 is 2.15 bits per heavy atom. The van der Waals surface area contributed by atoms with E-state index < -0.39 is 23.1 Å². The van der Waals surface area contributed by atoms with Crippen LogP contribution in [0.15, 0.2) is 33.8 Å². The van der Waals surface area contributed by atoms with Crippen LogP contribution in [0.5, 0.6) is 0 Å². The Balaban J connectivity index is 1.79. The molecule has 0 bridgehead atoms. The largest absolute Gasteiger partial charge is 0.392 e. The van der Waals surface area contributed by atoms with Crippen LogP contribution in [0.1, 0.15) is 31.6 Å². The van der Waals surface area contributed by atoms with Gasteiger partial charge in [-0.15, -0.1) is 11.3 Å². The van der Waals surface area contributed by atoms with Crippen LogP contribution >= 0.6 is 27.3 Å². The van der Waals surface area contributed by atoms with Crippen molar-refractivity contribution in [3.05, 3.63) is 50.0 Å². The van der Waals surface area contributed by atoms with E-state index >= 15 is 0 Å². The Morgan fingerprint density at radius 1 is 1.41 bits per heavy atom. The lowest BCUT2D eigenvalue weighted by Gasteiger charge is -2.42. The monoisotopic (exact) mass is 549 g/mol. The number of aliphatic hydroxyl groups is 1. The molecule has 4 rings (SSSR count). The van der Waals surface area contributed by atoms with Crippen molar-refractivity contribution in [1.29, 1.82) is 0 Å². The van der Waals surface area contributed by atoms with Crippen molar-refractivity contribution in [2.75, 3.05) is 13.1 Å². The number of benzene rings is 1. The summed E-state index contributed by atoms with van der Waals surface area (Å²) in [6.07, 6.45) is 1.58. The highest BCUT2D eigenvalue weighted by Crippen LogP contribution is 2.37. The van der Waals surface area contributed by atoms with Gasteiger partial charge in [-0.05, 0) is 47.0 Å². The summed E-state index contributed by atoms with van der Waals surface area (Å²) in [5.41, 5.74) is -0.772. The Hall–Kier alpha value is -2.61. The number of hydrogen-bond acceptors (Lipinski definition) is 5. The smallest absolute Gasteiger partial charge is 0.263 e. The molecule has 1 fully saturated rings. The van der Waals surface area contributed by atoms with E-state index in [1.54, 1.807) is 12.1 Å². The van der Waals surface area contributed by atoms with Crippen molar-refractivity contribution < 1.29 is 18.7 Å². The standard InChI is InChI=1S/C24H22BrF2N3O3S/c1-3-15(31)5-4-6-18-20(14-7-8-17(26)16(25)9-14)21-22(34-18)28-13-29(23(21)33)10-19(32)30-11-24(2,27)12-30/h7-9,13,15,31H,3,5,10-12H2,1-2H3. The summed E-state index contributed by atoms with van der Waals surface area (Å²) in [6.45, 7) is 3.01. The minimum Gasteiger partial charge on any atom is -0.392 e. The lowest BCUT2D eigenvalue weighted by atomic mass is 9.99. The molecule has 0 aliphatic carbocycles. The minimum atomic E-state index is -1.40. The van der Waals surface area contributed by atoms with Crippen molar-refractivity contribution >= 4 is 43.4 Å². The van der Waals surface area contributed by atoms with Crippen molar-refractivity contribution in [3.63, 3.8) is 0 Å². The molecule has 3 heterocycles. The second-order valence-electron chi connectivity index (χ2n) is 8.52. The lowest BCUT2D eigenvalue weighted by Crippen LogP contribution is -2.60. The van der Waals surface area contributed by atoms with Crippen molar-refractivity contribution in [1.82, 2.24) is 14.5 Å². The fourth-order valence-corrected chi connectivity index (χ4v) is 5.13. The maximum Gasteiger partial charge on any atom is 0.263 e. The maximum absolute atomic E-state index is 13.9. The van der Waals surface area contributed by atoms with Crippen LogP contribution in [0.2, 0.25) is 0 Å². The van der Waals surface area contributed by atoms with E-state index in [-0.39, 0.29) is 41.8 Å². The topological polar surface area (TPSA) is 75.4 Å². The molecule has 10 heteroatoms. The van der Waals surface area contributed by atoms with Gasteiger partial charge < -0.3 is 10.0 Å². The van der Waals surface area contributed by atoms with Gasteiger partial charge in [-0.1, -0.05) is 24.8 Å². The Labute approximate surface area is 207 Å². The van der Waals surface area contributed by atoms with Crippen molar-refractivity contribution in [2.24, 2.45) is 0 Å². The fraction of sp³-hybridized carbons (Fsp3) is 0.375. The van der Waals surface area contributed by atoms with Crippen LogP contribution in [-0.2, 0) is 11.3 Å². The molecule has 6 nitrogen and oxygen atoms in total. The number of aliphatic hydroxyl groups excluding tert-OH is 1. The molecule has 3 aromatic rings. The average molecular weight is 550 g/mol. The molecule has 1 atom stereocenters. The average Bonchev–Trinajstić information content (AvgIpc) is 3.14. The predicted octanol–water partition coefficient (Wildman–Crippen LogP) is 4.11. The number of likely N-dealkylation sites (tertiary alicyclic amines) is 1. The summed E-state index contributed by atoms with van der Waals surface area (Å²) in [4.78, 5) is 32.7. The lowest BCUT2D eigenvalue weighted by molar-refractivity contribution is -0.144. The van der Waals surface area contributed by atoms with E-state index in [2.05, 4.69) is 32.8 Å². The Kier molecular flexibility index (Phi) is 6.90. The second kappa shape index (κ2) is 9.56. The summed E-state index contributed by atoms with van der Waals surface area (Å²) >= 11 is 4.40. The Morgan fingerprint density at radius 3 is 2.79 bits per heavy atom. The van der Waals surface area contributed by atoms with Gasteiger partial charge >= 0.3 is 0 Å². The molecule has 178 valence electrons. The molecule has 1 saturated heterocycles. The van der Waals surface area contributed by atoms with E-state index in [0.29, 0.717) is 27.3 Å². The van der Waals surface area contributed by atoms with Crippen molar-refractivity contribution in [3.8, 4) is 23.0 Å². The zero-order chi connectivity index (χ0) is 24.6. The van der Waals surface area contributed by atoms with Crippen LogP contribution in [0, 0.1) is 17.7 Å². The zero-order valence-corrected chi connectivity index (χ0v) is 21.0. The molecule has 1 amide bonds. The first kappa shape index (κ1) is 24.5. The number of rotatable bonds is 5. The number of carbonyl (C=O) groups excluding carboxylic acids is 1. The quantitative estimate of drug-likeness (QED) is 0.486. The SMILES string of the molecule is CCC(O)CC#Cc1sc2ncn(CC(=O)N3CC(C)(F)C3)c(=O)c2c1-c1ccc(F)c(Br)c1. The molecule has 34 heavy (non-hydrogen) atoms. The van der Waals surface area contributed by atoms with Crippen LogP contribution in [0.3, 0.4) is 0 Å². The van der Waals surface area contributed by atoms with Crippen LogP contribution < -0.4 is 5.56 Å². The first-order chi connectivity index (χ1) is 16.1. The number of amides is 1. The van der Waals surface area contributed by atoms with Gasteiger partial charge in [0, 0.05) is 12.0 Å². The van der Waals surface area contributed by atoms with Gasteiger partial charge in [0.05, 0.1) is 40.3 Å². The normalized spacial score (nSPS) is 15.5. The van der Waals surface area contributed by atoms with Gasteiger partial charge in [0.2, 0.25) is 5.91 Å². The third-order valence-corrected chi connectivity index (χ3v) is 7.22. The van der Waals surface area contributed by atoms with E-state index in [1.165, 1.54) is 40.1 Å². The van der Waals surface area contributed by atoms with Gasteiger partial charge in [0.25, 0.3) is 5.56 Å². The second-order valence-corrected chi connectivity index (χ2v) is 10.4. The summed E-state index contributed by atoms with van der Waals surface area (Å²) in [5, 5.41) is 10.1. The fourth-order valence-electron chi connectivity index (χ4n) is 3.72. The third-order valence-electron chi connectivity index (χ3n) is 5.60. The molecule has 0 saturated carbocycles. The molecule has 0 spiro atoms. The minimum absolute atomic E-state index is 0.00703. The number of hydrogen-bond donors (Lipinski definition) is 1. The Bertz CT molecular complexity index is 1380. The van der Waals surface area contributed by atoms with Gasteiger partial charge in [-0.3, -0.25) is 14.2 Å². The van der Waals surface area contributed by atoms with Crippen LogP contribution in [0.25, 0.3) is 21.3 Å². The number of halogens is 3. The van der Waals surface area contributed by atoms with E-state index in [9.17, 15) is 23.5 Å². The highest BCUT2D eigenvalue weighted by molar-refractivity contribution is 9.10. The summed E-state index contributed by atoms with van der Waals surface area (Å²) in [7, 11) is 0. The van der Waals surface area contributed by atoms with E-state index in [0.717, 1.165) is 0 Å². The van der Waals surface area contributed by atoms with Gasteiger partial charge in [0.15, 0.2) is 0 Å². The number of alkyl halides is 1. The molecule has 1 aromatic carbocycles. The zero-order valence-electron chi connectivity index (χ0n) is 18.6. The molecule has 1 aliphatic heterocycles. The maximum atomic E-state index is 13.9. The van der Waals surface area contributed by atoms with Gasteiger partial charge in [0.1, 0.15) is 22.9 Å². The third kappa shape index (κ3) is 4.92. The molecule has 2 aromatic heterocycles. The number of carbonyl (C=O) groups is 1. The molecule has 0 radical (unpaired) electrons. The number of fused-ring (bicyclic) bond motifs is 1. The van der Waals surface area contributed by atoms with Gasteiger partial charge in [-0.25, -0.2) is 13.8 Å². The van der Waals surface area contributed by atoms with Crippen LogP contribution in [-0.4, -0.2) is 50.3 Å². The summed E-state index contributed by atoms with van der Waals surface area (Å²) in [6, 6.07) is 4.40. The predicted molar refractivity (Wildman–Crippen MR) is 131 cm³/mol.